The predicted octanol–water partition coefficient (Wildman–Crippen LogP) is 1.63. The highest BCUT2D eigenvalue weighted by Gasteiger charge is 2.30. The molecule has 1 aromatic carbocycles. The first kappa shape index (κ1) is 15.8. The predicted molar refractivity (Wildman–Crippen MR) is 62.2 cm³/mol. The third-order valence-electron chi connectivity index (χ3n) is 2.34. The fourth-order valence-corrected chi connectivity index (χ4v) is 1.29. The first-order chi connectivity index (χ1) is 9.20. The Hall–Kier alpha value is -2.25. The number of hydrogen-bond donors (Lipinski definition) is 1. The number of nitrogens with zero attached hydrogens (tertiary/aromatic N) is 1. The number of halogens is 3. The Labute approximate surface area is 112 Å². The van der Waals surface area contributed by atoms with Gasteiger partial charge in [-0.3, -0.25) is 9.59 Å². The third-order valence-corrected chi connectivity index (χ3v) is 2.34. The molecule has 0 aliphatic rings. The standard InChI is InChI=1S/C12H12F3NO4/c1-16(6-11(18)19)10(17)7-20-9-4-2-8(3-5-9)12(13,14)15/h2-5H,6-7H2,1H3,(H,18,19). The Morgan fingerprint density at radius 2 is 1.80 bits per heavy atom. The van der Waals surface area contributed by atoms with Gasteiger partial charge in [-0.2, -0.15) is 13.2 Å². The number of likely N-dealkylation sites (N-methyl/N-ethyl adjacent to an activating group) is 1. The number of carbonyl (C=O) groups is 2. The van der Waals surface area contributed by atoms with E-state index in [0.717, 1.165) is 29.2 Å². The summed E-state index contributed by atoms with van der Waals surface area (Å²) in [6.45, 7) is -0.926. The Morgan fingerprint density at radius 3 is 2.25 bits per heavy atom. The minimum absolute atomic E-state index is 0.0927. The van der Waals surface area contributed by atoms with Crippen molar-refractivity contribution in [2.24, 2.45) is 0 Å². The molecule has 0 aliphatic carbocycles. The Kier molecular flexibility index (Phi) is 4.95. The molecule has 1 amide bonds. The largest absolute Gasteiger partial charge is 0.484 e. The van der Waals surface area contributed by atoms with Gasteiger partial charge in [0.25, 0.3) is 5.91 Å². The van der Waals surface area contributed by atoms with Crippen LogP contribution < -0.4 is 4.74 Å². The zero-order valence-corrected chi connectivity index (χ0v) is 10.5. The maximum atomic E-state index is 12.3. The number of hydrogen-bond acceptors (Lipinski definition) is 3. The second-order valence-corrected chi connectivity index (χ2v) is 3.95. The van der Waals surface area contributed by atoms with E-state index in [4.69, 9.17) is 9.84 Å². The van der Waals surface area contributed by atoms with Crippen LogP contribution in [0.2, 0.25) is 0 Å². The van der Waals surface area contributed by atoms with Gasteiger partial charge in [0.15, 0.2) is 6.61 Å². The van der Waals surface area contributed by atoms with Crippen molar-refractivity contribution in [2.45, 2.75) is 6.18 Å². The van der Waals surface area contributed by atoms with Gasteiger partial charge in [0, 0.05) is 7.05 Å². The van der Waals surface area contributed by atoms with Gasteiger partial charge < -0.3 is 14.7 Å². The van der Waals surface area contributed by atoms with E-state index < -0.39 is 36.8 Å². The lowest BCUT2D eigenvalue weighted by Crippen LogP contribution is -2.35. The Balaban J connectivity index is 2.54. The van der Waals surface area contributed by atoms with Gasteiger partial charge in [-0.1, -0.05) is 0 Å². The molecule has 1 N–H and O–H groups in total. The zero-order chi connectivity index (χ0) is 15.3. The monoisotopic (exact) mass is 291 g/mol. The highest BCUT2D eigenvalue weighted by Crippen LogP contribution is 2.30. The molecule has 0 saturated carbocycles. The van der Waals surface area contributed by atoms with Crippen molar-refractivity contribution >= 4 is 11.9 Å². The molecule has 0 unspecified atom stereocenters. The molecule has 0 bridgehead atoms. The summed E-state index contributed by atoms with van der Waals surface area (Å²) < 4.78 is 41.9. The van der Waals surface area contributed by atoms with E-state index in [1.165, 1.54) is 7.05 Å². The van der Waals surface area contributed by atoms with Crippen molar-refractivity contribution < 1.29 is 32.6 Å². The van der Waals surface area contributed by atoms with E-state index in [1.54, 1.807) is 0 Å². The topological polar surface area (TPSA) is 66.8 Å². The van der Waals surface area contributed by atoms with E-state index in [2.05, 4.69) is 0 Å². The number of carboxylic acids is 1. The average Bonchev–Trinajstić information content (AvgIpc) is 2.34. The minimum Gasteiger partial charge on any atom is -0.484 e. The van der Waals surface area contributed by atoms with Crippen LogP contribution in [0.5, 0.6) is 5.75 Å². The molecule has 5 nitrogen and oxygen atoms in total. The molecule has 0 fully saturated rings. The molecule has 0 aromatic heterocycles. The summed E-state index contributed by atoms with van der Waals surface area (Å²) in [5, 5.41) is 8.48. The summed E-state index contributed by atoms with van der Waals surface area (Å²) >= 11 is 0. The number of benzene rings is 1. The van der Waals surface area contributed by atoms with Gasteiger partial charge in [-0.25, -0.2) is 0 Å². The van der Waals surface area contributed by atoms with E-state index >= 15 is 0 Å². The summed E-state index contributed by atoms with van der Waals surface area (Å²) in [7, 11) is 1.28. The quantitative estimate of drug-likeness (QED) is 0.895. The first-order valence-corrected chi connectivity index (χ1v) is 5.46. The fourth-order valence-electron chi connectivity index (χ4n) is 1.29. The van der Waals surface area contributed by atoms with Crippen LogP contribution in [0.15, 0.2) is 24.3 Å². The van der Waals surface area contributed by atoms with Crippen molar-refractivity contribution in [2.75, 3.05) is 20.2 Å². The fraction of sp³-hybridized carbons (Fsp3) is 0.333. The molecular weight excluding hydrogens is 279 g/mol. The number of carbonyl (C=O) groups excluding carboxylic acids is 1. The number of amides is 1. The van der Waals surface area contributed by atoms with Crippen LogP contribution in [0.1, 0.15) is 5.56 Å². The van der Waals surface area contributed by atoms with Crippen LogP contribution in [0.3, 0.4) is 0 Å². The molecule has 110 valence electrons. The first-order valence-electron chi connectivity index (χ1n) is 5.46. The summed E-state index contributed by atoms with van der Waals surface area (Å²) in [5.41, 5.74) is -0.820. The second kappa shape index (κ2) is 6.27. The van der Waals surface area contributed by atoms with E-state index in [9.17, 15) is 22.8 Å². The number of alkyl halides is 3. The maximum Gasteiger partial charge on any atom is 0.416 e. The van der Waals surface area contributed by atoms with Crippen molar-refractivity contribution in [3.8, 4) is 5.75 Å². The van der Waals surface area contributed by atoms with Crippen molar-refractivity contribution in [3.63, 3.8) is 0 Å². The summed E-state index contributed by atoms with van der Waals surface area (Å²) in [6.07, 6.45) is -4.43. The molecule has 0 spiro atoms. The normalized spacial score (nSPS) is 11.0. The maximum absolute atomic E-state index is 12.3. The second-order valence-electron chi connectivity index (χ2n) is 3.95. The molecule has 8 heteroatoms. The minimum atomic E-state index is -4.43. The Bertz CT molecular complexity index is 484. The summed E-state index contributed by atoms with van der Waals surface area (Å²) in [6, 6.07) is 3.85. The smallest absolute Gasteiger partial charge is 0.416 e. The number of ether oxygens (including phenoxy) is 1. The molecule has 0 aliphatic heterocycles. The Morgan fingerprint density at radius 1 is 1.25 bits per heavy atom. The molecule has 0 saturated heterocycles. The van der Waals surface area contributed by atoms with Crippen LogP contribution in [0.25, 0.3) is 0 Å². The molecular formula is C12H12F3NO4. The van der Waals surface area contributed by atoms with Gasteiger partial charge >= 0.3 is 12.1 Å². The lowest BCUT2D eigenvalue weighted by Gasteiger charge is -2.15. The van der Waals surface area contributed by atoms with Crippen LogP contribution >= 0.6 is 0 Å². The van der Waals surface area contributed by atoms with Crippen molar-refractivity contribution in [1.29, 1.82) is 0 Å². The molecule has 1 rings (SSSR count). The third kappa shape index (κ3) is 4.79. The van der Waals surface area contributed by atoms with Gasteiger partial charge in [0.1, 0.15) is 12.3 Å². The lowest BCUT2D eigenvalue weighted by molar-refractivity contribution is -0.144. The van der Waals surface area contributed by atoms with Gasteiger partial charge in [-0.15, -0.1) is 0 Å². The van der Waals surface area contributed by atoms with Crippen LogP contribution in [0.4, 0.5) is 13.2 Å². The van der Waals surface area contributed by atoms with E-state index in [-0.39, 0.29) is 5.75 Å². The molecule has 0 atom stereocenters. The highest BCUT2D eigenvalue weighted by atomic mass is 19.4. The van der Waals surface area contributed by atoms with Crippen LogP contribution in [-0.2, 0) is 15.8 Å². The summed E-state index contributed by atoms with van der Waals surface area (Å²) in [5.74, 6) is -1.67. The molecule has 0 heterocycles. The lowest BCUT2D eigenvalue weighted by atomic mass is 10.2. The van der Waals surface area contributed by atoms with Gasteiger partial charge in [-0.05, 0) is 24.3 Å². The van der Waals surface area contributed by atoms with Gasteiger partial charge in [0.05, 0.1) is 5.56 Å². The van der Waals surface area contributed by atoms with E-state index in [1.807, 2.05) is 0 Å². The number of rotatable bonds is 5. The van der Waals surface area contributed by atoms with Crippen LogP contribution in [-0.4, -0.2) is 42.1 Å². The zero-order valence-electron chi connectivity index (χ0n) is 10.5. The summed E-state index contributed by atoms with van der Waals surface area (Å²) in [4.78, 5) is 22.8. The molecule has 1 aromatic rings. The molecule has 20 heavy (non-hydrogen) atoms. The average molecular weight is 291 g/mol. The van der Waals surface area contributed by atoms with Gasteiger partial charge in [0.2, 0.25) is 0 Å². The molecule has 0 radical (unpaired) electrons. The SMILES string of the molecule is CN(CC(=O)O)C(=O)COc1ccc(C(F)(F)F)cc1. The van der Waals surface area contributed by atoms with E-state index in [0.29, 0.717) is 0 Å². The number of aliphatic carboxylic acids is 1. The highest BCUT2D eigenvalue weighted by molar-refractivity contribution is 5.82. The van der Waals surface area contributed by atoms with Crippen LogP contribution in [0, 0.1) is 0 Å². The number of carboxylic acid groups (broad SMARTS) is 1. The van der Waals surface area contributed by atoms with Crippen molar-refractivity contribution in [1.82, 2.24) is 4.90 Å². The van der Waals surface area contributed by atoms with Crippen molar-refractivity contribution in [3.05, 3.63) is 29.8 Å².